The fourth-order valence-corrected chi connectivity index (χ4v) is 2.68. The Bertz CT molecular complexity index is 809. The predicted octanol–water partition coefficient (Wildman–Crippen LogP) is -0.160. The second-order valence-electron chi connectivity index (χ2n) is 5.52. The van der Waals surface area contributed by atoms with Crippen LogP contribution in [0.5, 0.6) is 0 Å². The van der Waals surface area contributed by atoms with Crippen molar-refractivity contribution >= 4 is 5.97 Å². The van der Waals surface area contributed by atoms with Crippen molar-refractivity contribution in [2.24, 2.45) is 5.11 Å². The van der Waals surface area contributed by atoms with Crippen molar-refractivity contribution < 1.29 is 19.4 Å². The molecule has 0 bridgehead atoms. The van der Waals surface area contributed by atoms with Crippen molar-refractivity contribution in [3.8, 4) is 0 Å². The molecule has 3 atom stereocenters. The molecule has 11 nitrogen and oxygen atoms in total. The number of azide groups is 1. The number of esters is 1. The molecule has 0 spiro atoms. The summed E-state index contributed by atoms with van der Waals surface area (Å²) in [5.41, 5.74) is 7.47. The summed E-state index contributed by atoms with van der Waals surface area (Å²) >= 11 is 0. The van der Waals surface area contributed by atoms with Gasteiger partial charge < -0.3 is 14.6 Å². The van der Waals surface area contributed by atoms with Crippen LogP contribution < -0.4 is 11.2 Å². The van der Waals surface area contributed by atoms with Crippen molar-refractivity contribution in [3.63, 3.8) is 0 Å². The number of hydrogen-bond donors (Lipinski definition) is 1. The van der Waals surface area contributed by atoms with Gasteiger partial charge in [0.1, 0.15) is 12.8 Å². The van der Waals surface area contributed by atoms with E-state index in [1.165, 1.54) is 13.1 Å². The van der Waals surface area contributed by atoms with Gasteiger partial charge in [-0.25, -0.2) is 9.36 Å². The molecule has 3 unspecified atom stereocenters. The van der Waals surface area contributed by atoms with Crippen LogP contribution in [0.4, 0.5) is 0 Å². The highest BCUT2D eigenvalue weighted by atomic mass is 16.5. The molecule has 1 N–H and O–H groups in total. The first-order valence-corrected chi connectivity index (χ1v) is 7.71. The van der Waals surface area contributed by atoms with Crippen LogP contribution in [0.2, 0.25) is 0 Å². The van der Waals surface area contributed by atoms with Crippen LogP contribution >= 0.6 is 0 Å². The normalized spacial score (nSPS) is 22.4. The van der Waals surface area contributed by atoms with Gasteiger partial charge in [-0.05, 0) is 19.4 Å². The molecule has 1 aliphatic heterocycles. The average molecular weight is 353 g/mol. The van der Waals surface area contributed by atoms with Crippen LogP contribution in [-0.2, 0) is 20.8 Å². The summed E-state index contributed by atoms with van der Waals surface area (Å²) in [4.78, 5) is 39.1. The van der Waals surface area contributed by atoms with Gasteiger partial charge in [0.25, 0.3) is 5.56 Å². The van der Waals surface area contributed by atoms with E-state index in [2.05, 4.69) is 10.0 Å². The number of aliphatic hydroxyl groups excluding tert-OH is 1. The topological polar surface area (TPSA) is 149 Å². The molecule has 1 aromatic rings. The molecule has 0 aliphatic carbocycles. The Balaban J connectivity index is 2.41. The van der Waals surface area contributed by atoms with Crippen LogP contribution in [0.3, 0.4) is 0 Å². The standard InChI is InChI=1S/C14H19N5O6/c1-3-24-12(21)6-19-13(22)8(2)5-18(14(19)23)11-4-9(16-17-15)10(7-20)25-11/h5,9-11,20H,3-4,6-7H2,1-2H3. The number of nitrogens with zero attached hydrogens (tertiary/aromatic N) is 5. The molecular formula is C14H19N5O6. The zero-order chi connectivity index (χ0) is 18.6. The molecular weight excluding hydrogens is 334 g/mol. The number of aromatic nitrogens is 2. The fraction of sp³-hybridized carbons (Fsp3) is 0.643. The fourth-order valence-electron chi connectivity index (χ4n) is 2.68. The second-order valence-corrected chi connectivity index (χ2v) is 5.52. The maximum Gasteiger partial charge on any atom is 0.333 e. The smallest absolute Gasteiger partial charge is 0.333 e. The van der Waals surface area contributed by atoms with Crippen molar-refractivity contribution in [1.29, 1.82) is 0 Å². The molecule has 1 aromatic heterocycles. The summed E-state index contributed by atoms with van der Waals surface area (Å²) in [5, 5.41) is 12.9. The summed E-state index contributed by atoms with van der Waals surface area (Å²) in [6, 6.07) is -0.641. The minimum Gasteiger partial charge on any atom is -0.465 e. The van der Waals surface area contributed by atoms with E-state index in [4.69, 9.17) is 15.0 Å². The van der Waals surface area contributed by atoms with E-state index in [0.29, 0.717) is 0 Å². The van der Waals surface area contributed by atoms with E-state index in [-0.39, 0.29) is 25.2 Å². The molecule has 0 aromatic carbocycles. The van der Waals surface area contributed by atoms with Crippen LogP contribution in [0, 0.1) is 6.92 Å². The van der Waals surface area contributed by atoms with Crippen LogP contribution in [0.25, 0.3) is 10.4 Å². The van der Waals surface area contributed by atoms with Gasteiger partial charge in [-0.2, -0.15) is 0 Å². The molecule has 2 heterocycles. The first kappa shape index (κ1) is 18.7. The lowest BCUT2D eigenvalue weighted by Crippen LogP contribution is -2.43. The number of hydrogen-bond acceptors (Lipinski definition) is 7. The van der Waals surface area contributed by atoms with E-state index in [1.54, 1.807) is 6.92 Å². The zero-order valence-corrected chi connectivity index (χ0v) is 13.9. The molecule has 1 fully saturated rings. The Kier molecular flexibility index (Phi) is 5.97. The van der Waals surface area contributed by atoms with Gasteiger partial charge in [0.2, 0.25) is 0 Å². The first-order chi connectivity index (χ1) is 11.9. The minimum absolute atomic E-state index is 0.130. The lowest BCUT2D eigenvalue weighted by atomic mass is 10.1. The third kappa shape index (κ3) is 3.90. The molecule has 0 radical (unpaired) electrons. The van der Waals surface area contributed by atoms with Crippen molar-refractivity contribution in [2.45, 2.75) is 45.2 Å². The molecule has 25 heavy (non-hydrogen) atoms. The highest BCUT2D eigenvalue weighted by Crippen LogP contribution is 2.29. The van der Waals surface area contributed by atoms with Gasteiger partial charge in [-0.15, -0.1) is 0 Å². The van der Waals surface area contributed by atoms with Gasteiger partial charge in [-0.3, -0.25) is 14.2 Å². The van der Waals surface area contributed by atoms with Gasteiger partial charge in [0.15, 0.2) is 0 Å². The second kappa shape index (κ2) is 7.97. The molecule has 0 amide bonds. The van der Waals surface area contributed by atoms with Crippen LogP contribution in [-0.4, -0.2) is 45.6 Å². The van der Waals surface area contributed by atoms with Crippen molar-refractivity contribution in [2.75, 3.05) is 13.2 Å². The van der Waals surface area contributed by atoms with Gasteiger partial charge >= 0.3 is 11.7 Å². The third-order valence-electron chi connectivity index (χ3n) is 3.85. The summed E-state index contributed by atoms with van der Waals surface area (Å²) in [7, 11) is 0. The lowest BCUT2D eigenvalue weighted by Gasteiger charge is -2.17. The number of carbonyl (C=O) groups excluding carboxylic acids is 1. The molecule has 0 saturated carbocycles. The predicted molar refractivity (Wildman–Crippen MR) is 84.9 cm³/mol. The zero-order valence-electron chi connectivity index (χ0n) is 13.9. The summed E-state index contributed by atoms with van der Waals surface area (Å²) in [6.45, 7) is 2.36. The quantitative estimate of drug-likeness (QED) is 0.325. The summed E-state index contributed by atoms with van der Waals surface area (Å²) in [5.74, 6) is -0.702. The Labute approximate surface area is 142 Å². The molecule has 2 rings (SSSR count). The Morgan fingerprint density at radius 3 is 2.88 bits per heavy atom. The minimum atomic E-state index is -0.826. The van der Waals surface area contributed by atoms with Crippen LogP contribution in [0.15, 0.2) is 20.9 Å². The largest absolute Gasteiger partial charge is 0.465 e. The highest BCUT2D eigenvalue weighted by Gasteiger charge is 2.36. The highest BCUT2D eigenvalue weighted by molar-refractivity contribution is 5.69. The van der Waals surface area contributed by atoms with Gasteiger partial charge in [0.05, 0.1) is 25.4 Å². The van der Waals surface area contributed by atoms with E-state index >= 15 is 0 Å². The number of aryl methyl sites for hydroxylation is 1. The Hall–Kier alpha value is -2.62. The van der Waals surface area contributed by atoms with E-state index in [9.17, 15) is 19.5 Å². The first-order valence-electron chi connectivity index (χ1n) is 7.71. The number of carbonyl (C=O) groups is 1. The Morgan fingerprint density at radius 1 is 1.56 bits per heavy atom. The molecule has 136 valence electrons. The van der Waals surface area contributed by atoms with Gasteiger partial charge in [-0.1, -0.05) is 5.11 Å². The summed E-state index contributed by atoms with van der Waals surface area (Å²) in [6.07, 6.45) is -0.0951. The van der Waals surface area contributed by atoms with Crippen molar-refractivity contribution in [1.82, 2.24) is 9.13 Å². The molecule has 11 heteroatoms. The Morgan fingerprint density at radius 2 is 2.28 bits per heavy atom. The lowest BCUT2D eigenvalue weighted by molar-refractivity contribution is -0.144. The number of aliphatic hydroxyl groups is 1. The maximum absolute atomic E-state index is 12.6. The average Bonchev–Trinajstić information content (AvgIpc) is 2.98. The maximum atomic E-state index is 12.6. The van der Waals surface area contributed by atoms with Gasteiger partial charge in [0, 0.05) is 23.1 Å². The number of rotatable bonds is 6. The number of ether oxygens (including phenoxy) is 2. The molecule has 1 aliphatic rings. The SMILES string of the molecule is CCOC(=O)Cn1c(=O)c(C)cn(C2CC(N=[N+]=[N-])C(CO)O2)c1=O. The van der Waals surface area contributed by atoms with E-state index < -0.39 is 42.1 Å². The monoisotopic (exact) mass is 353 g/mol. The van der Waals surface area contributed by atoms with Crippen molar-refractivity contribution in [3.05, 3.63) is 43.0 Å². The third-order valence-corrected chi connectivity index (χ3v) is 3.85. The van der Waals surface area contributed by atoms with E-state index in [0.717, 1.165) is 9.13 Å². The van der Waals surface area contributed by atoms with E-state index in [1.807, 2.05) is 0 Å². The molecule has 1 saturated heterocycles. The summed E-state index contributed by atoms with van der Waals surface area (Å²) < 4.78 is 12.3. The van der Waals surface area contributed by atoms with Crippen LogP contribution in [0.1, 0.15) is 25.1 Å².